The maximum atomic E-state index is 6.36. The maximum Gasteiger partial charge on any atom is 0.0948 e. The molecule has 1 unspecified atom stereocenters. The highest BCUT2D eigenvalue weighted by Crippen LogP contribution is 2.32. The lowest BCUT2D eigenvalue weighted by molar-refractivity contribution is 0.472. The molecule has 2 heterocycles. The molecule has 0 aliphatic rings. The largest absolute Gasteiger partial charge is 0.304 e. The second-order valence-electron chi connectivity index (χ2n) is 4.78. The van der Waals surface area contributed by atoms with Crippen molar-refractivity contribution in [3.05, 3.63) is 45.4 Å². The average Bonchev–Trinajstić information content (AvgIpc) is 2.79. The fourth-order valence-electron chi connectivity index (χ4n) is 2.17. The van der Waals surface area contributed by atoms with Crippen LogP contribution in [0.4, 0.5) is 0 Å². The lowest BCUT2D eigenvalue weighted by Gasteiger charge is -2.22. The molecular formula is C14H18BrClN4. The van der Waals surface area contributed by atoms with E-state index in [1.165, 1.54) is 0 Å². The van der Waals surface area contributed by atoms with Crippen molar-refractivity contribution in [3.8, 4) is 0 Å². The van der Waals surface area contributed by atoms with Crippen molar-refractivity contribution in [2.24, 2.45) is 0 Å². The minimum atomic E-state index is -0.0898. The van der Waals surface area contributed by atoms with Crippen molar-refractivity contribution in [1.82, 2.24) is 20.1 Å². The van der Waals surface area contributed by atoms with E-state index in [1.54, 1.807) is 12.4 Å². The number of hydrogen-bond donors (Lipinski definition) is 1. The van der Waals surface area contributed by atoms with Crippen LogP contribution < -0.4 is 5.32 Å². The molecule has 0 amide bonds. The van der Waals surface area contributed by atoms with Crippen LogP contribution in [0.25, 0.3) is 0 Å². The molecule has 1 atom stereocenters. The van der Waals surface area contributed by atoms with Crippen molar-refractivity contribution in [2.45, 2.75) is 32.9 Å². The molecular weight excluding hydrogens is 340 g/mol. The summed E-state index contributed by atoms with van der Waals surface area (Å²) in [5.41, 5.74) is 1.86. The number of halogens is 2. The highest BCUT2D eigenvalue weighted by atomic mass is 79.9. The van der Waals surface area contributed by atoms with Gasteiger partial charge in [-0.3, -0.25) is 9.67 Å². The predicted molar refractivity (Wildman–Crippen MR) is 85.1 cm³/mol. The molecule has 0 aliphatic heterocycles. The van der Waals surface area contributed by atoms with Gasteiger partial charge in [0.25, 0.3) is 0 Å². The summed E-state index contributed by atoms with van der Waals surface area (Å²) in [4.78, 5) is 4.49. The van der Waals surface area contributed by atoms with E-state index < -0.39 is 0 Å². The zero-order valence-electron chi connectivity index (χ0n) is 11.8. The van der Waals surface area contributed by atoms with E-state index in [2.05, 4.69) is 52.1 Å². The lowest BCUT2D eigenvalue weighted by Crippen LogP contribution is -2.27. The highest BCUT2D eigenvalue weighted by Gasteiger charge is 2.25. The first-order valence-electron chi connectivity index (χ1n) is 6.63. The molecule has 0 aliphatic carbocycles. The lowest BCUT2D eigenvalue weighted by atomic mass is 10.1. The summed E-state index contributed by atoms with van der Waals surface area (Å²) in [6, 6.07) is 4.03. The SMILES string of the molecule is CCNC(c1ncccc1Br)c1c(Cl)cnn1C(C)C. The minimum Gasteiger partial charge on any atom is -0.304 e. The zero-order chi connectivity index (χ0) is 14.7. The van der Waals surface area contributed by atoms with Crippen LogP contribution in [0.2, 0.25) is 5.02 Å². The van der Waals surface area contributed by atoms with Crippen molar-refractivity contribution in [2.75, 3.05) is 6.54 Å². The van der Waals surface area contributed by atoms with E-state index in [0.717, 1.165) is 22.4 Å². The third-order valence-electron chi connectivity index (χ3n) is 3.02. The third-order valence-corrected chi connectivity index (χ3v) is 3.98. The molecule has 0 fully saturated rings. The third kappa shape index (κ3) is 3.05. The summed E-state index contributed by atoms with van der Waals surface area (Å²) in [5.74, 6) is 0. The number of pyridine rings is 1. The van der Waals surface area contributed by atoms with Gasteiger partial charge in [-0.15, -0.1) is 0 Å². The number of nitrogens with zero attached hydrogens (tertiary/aromatic N) is 3. The van der Waals surface area contributed by atoms with Gasteiger partial charge in [0.1, 0.15) is 0 Å². The van der Waals surface area contributed by atoms with Crippen LogP contribution in [-0.2, 0) is 0 Å². The molecule has 0 saturated carbocycles. The summed E-state index contributed by atoms with van der Waals surface area (Å²) in [5, 5.41) is 8.47. The molecule has 2 aromatic rings. The predicted octanol–water partition coefficient (Wildman–Crippen LogP) is 3.97. The fraction of sp³-hybridized carbons (Fsp3) is 0.429. The Labute approximate surface area is 132 Å². The quantitative estimate of drug-likeness (QED) is 0.880. The first kappa shape index (κ1) is 15.5. The summed E-state index contributed by atoms with van der Waals surface area (Å²) in [7, 11) is 0. The van der Waals surface area contributed by atoms with Gasteiger partial charge >= 0.3 is 0 Å². The van der Waals surface area contributed by atoms with Crippen LogP contribution >= 0.6 is 27.5 Å². The molecule has 20 heavy (non-hydrogen) atoms. The molecule has 0 aromatic carbocycles. The molecule has 2 aromatic heterocycles. The number of rotatable bonds is 5. The van der Waals surface area contributed by atoms with E-state index in [4.69, 9.17) is 11.6 Å². The van der Waals surface area contributed by atoms with E-state index in [1.807, 2.05) is 16.8 Å². The van der Waals surface area contributed by atoms with E-state index >= 15 is 0 Å². The molecule has 108 valence electrons. The summed E-state index contributed by atoms with van der Waals surface area (Å²) in [6.45, 7) is 7.05. The van der Waals surface area contributed by atoms with Gasteiger partial charge in [-0.25, -0.2) is 0 Å². The van der Waals surface area contributed by atoms with E-state index in [9.17, 15) is 0 Å². The Bertz CT molecular complexity index is 582. The van der Waals surface area contributed by atoms with Gasteiger partial charge in [-0.05, 0) is 48.5 Å². The molecule has 6 heteroatoms. The Morgan fingerprint density at radius 1 is 1.45 bits per heavy atom. The van der Waals surface area contributed by atoms with Gasteiger partial charge in [-0.2, -0.15) is 5.10 Å². The normalized spacial score (nSPS) is 12.9. The standard InChI is InChI=1S/C14H18BrClN4/c1-4-17-13(12-10(15)6-5-7-18-12)14-11(16)8-19-20(14)9(2)3/h5-9,13,17H,4H2,1-3H3. The molecule has 4 nitrogen and oxygen atoms in total. The first-order valence-corrected chi connectivity index (χ1v) is 7.80. The van der Waals surface area contributed by atoms with Gasteiger partial charge in [0.2, 0.25) is 0 Å². The Kier molecular flexibility index (Phi) is 5.18. The zero-order valence-corrected chi connectivity index (χ0v) is 14.1. The monoisotopic (exact) mass is 356 g/mol. The van der Waals surface area contributed by atoms with E-state index in [0.29, 0.717) is 5.02 Å². The van der Waals surface area contributed by atoms with Crippen LogP contribution in [0.15, 0.2) is 29.0 Å². The molecule has 0 radical (unpaired) electrons. The van der Waals surface area contributed by atoms with Gasteiger partial charge in [0.05, 0.1) is 28.6 Å². The van der Waals surface area contributed by atoms with Crippen molar-refractivity contribution >= 4 is 27.5 Å². The molecule has 1 N–H and O–H groups in total. The Hall–Kier alpha value is -0.910. The molecule has 0 bridgehead atoms. The van der Waals surface area contributed by atoms with Gasteiger partial charge in [0.15, 0.2) is 0 Å². The summed E-state index contributed by atoms with van der Waals surface area (Å²) < 4.78 is 2.90. The van der Waals surface area contributed by atoms with Gasteiger partial charge in [-0.1, -0.05) is 18.5 Å². The maximum absolute atomic E-state index is 6.36. The summed E-state index contributed by atoms with van der Waals surface area (Å²) >= 11 is 9.92. The second-order valence-corrected chi connectivity index (χ2v) is 6.04. The van der Waals surface area contributed by atoms with Gasteiger partial charge < -0.3 is 5.32 Å². The highest BCUT2D eigenvalue weighted by molar-refractivity contribution is 9.10. The van der Waals surface area contributed by atoms with Gasteiger partial charge in [0, 0.05) is 16.7 Å². The summed E-state index contributed by atoms with van der Waals surface area (Å²) in [6.07, 6.45) is 3.48. The first-order chi connectivity index (χ1) is 9.56. The molecule has 0 saturated heterocycles. The second kappa shape index (κ2) is 6.70. The Morgan fingerprint density at radius 2 is 2.20 bits per heavy atom. The fourth-order valence-corrected chi connectivity index (χ4v) is 2.89. The van der Waals surface area contributed by atoms with Crippen LogP contribution in [0.1, 0.15) is 44.2 Å². The molecule has 2 rings (SSSR count). The topological polar surface area (TPSA) is 42.7 Å². The molecule has 0 spiro atoms. The van der Waals surface area contributed by atoms with Crippen LogP contribution in [0, 0.1) is 0 Å². The Morgan fingerprint density at radius 3 is 2.80 bits per heavy atom. The van der Waals surface area contributed by atoms with Crippen molar-refractivity contribution in [1.29, 1.82) is 0 Å². The Balaban J connectivity index is 2.55. The number of hydrogen-bond acceptors (Lipinski definition) is 3. The average molecular weight is 358 g/mol. The van der Waals surface area contributed by atoms with E-state index in [-0.39, 0.29) is 12.1 Å². The number of aromatic nitrogens is 3. The van der Waals surface area contributed by atoms with Crippen LogP contribution in [0.3, 0.4) is 0 Å². The van der Waals surface area contributed by atoms with Crippen LogP contribution in [-0.4, -0.2) is 21.3 Å². The smallest absolute Gasteiger partial charge is 0.0948 e. The number of nitrogens with one attached hydrogen (secondary N) is 1. The van der Waals surface area contributed by atoms with Crippen molar-refractivity contribution in [3.63, 3.8) is 0 Å². The van der Waals surface area contributed by atoms with Crippen molar-refractivity contribution < 1.29 is 0 Å². The minimum absolute atomic E-state index is 0.0898. The van der Waals surface area contributed by atoms with Crippen LogP contribution in [0.5, 0.6) is 0 Å².